The predicted molar refractivity (Wildman–Crippen MR) is 203 cm³/mol. The van der Waals surface area contributed by atoms with Crippen molar-refractivity contribution in [2.24, 2.45) is 0 Å². The molecule has 0 fully saturated rings. The van der Waals surface area contributed by atoms with Crippen LogP contribution in [-0.2, 0) is 21.1 Å². The van der Waals surface area contributed by atoms with E-state index in [0.717, 1.165) is 83.9 Å². The molecule has 0 amide bonds. The Morgan fingerprint density at radius 2 is 0.900 bits per heavy atom. The topological polar surface area (TPSA) is 46.5 Å². The number of hydrogen-bond donors (Lipinski definition) is 1. The van der Waals surface area contributed by atoms with Gasteiger partial charge in [-0.1, -0.05) is 109 Å². The number of halogens is 1. The molecule has 0 spiro atoms. The molecule has 9 rings (SSSR count). The number of H-pyrrole nitrogens is 1. The average molecular weight is 830 g/mol. The Morgan fingerprint density at radius 1 is 0.440 bits per heavy atom. The van der Waals surface area contributed by atoms with Crippen molar-refractivity contribution in [1.29, 1.82) is 0 Å². The Bertz CT molecular complexity index is 2540. The average Bonchev–Trinajstić information content (AvgIpc) is 3.95. The van der Waals surface area contributed by atoms with Crippen LogP contribution in [0.1, 0.15) is 22.8 Å². The van der Waals surface area contributed by atoms with Crippen LogP contribution in [0, 0.1) is 0 Å². The van der Waals surface area contributed by atoms with Gasteiger partial charge in [-0.2, -0.15) is 0 Å². The molecule has 2 aliphatic rings. The number of benzene rings is 4. The van der Waals surface area contributed by atoms with Crippen molar-refractivity contribution in [3.63, 3.8) is 0 Å². The molecule has 5 heterocycles. The van der Waals surface area contributed by atoms with Crippen LogP contribution in [0.3, 0.4) is 0 Å². The first-order valence-electron chi connectivity index (χ1n) is 16.2. The summed E-state index contributed by atoms with van der Waals surface area (Å²) in [6, 6.07) is 53.3. The summed E-state index contributed by atoms with van der Waals surface area (Å²) in [4.78, 5) is 13.9. The molecule has 0 atom stereocenters. The Hall–Kier alpha value is -5.90. The van der Waals surface area contributed by atoms with Crippen molar-refractivity contribution < 1.29 is 25.8 Å². The van der Waals surface area contributed by atoms with E-state index < -0.39 is 0 Å². The van der Waals surface area contributed by atoms with Gasteiger partial charge in [-0.05, 0) is 83.5 Å². The van der Waals surface area contributed by atoms with Gasteiger partial charge < -0.3 is 9.55 Å². The predicted octanol–water partition coefficient (Wildman–Crippen LogP) is 11.3. The maximum atomic E-state index is 5.29. The molecular formula is C44H31FN4Pt. The van der Waals surface area contributed by atoms with Gasteiger partial charge in [0.1, 0.15) is 0 Å². The van der Waals surface area contributed by atoms with Gasteiger partial charge in [0, 0.05) is 54.5 Å². The van der Waals surface area contributed by atoms with Gasteiger partial charge in [0.25, 0.3) is 0 Å². The van der Waals surface area contributed by atoms with E-state index >= 15 is 0 Å². The van der Waals surface area contributed by atoms with Gasteiger partial charge >= 0.3 is 0 Å². The van der Waals surface area contributed by atoms with E-state index in [0.29, 0.717) is 0 Å². The molecule has 3 aromatic heterocycles. The molecule has 8 bridgehead atoms. The molecule has 7 aromatic rings. The first kappa shape index (κ1) is 32.6. The standard InChI is InChI=1S/C44H30N4.FH.Pt/c1-5-13-30(14-6-1)41-39-26-25-36(47-39)28-35-22-21-33(45-35)27-34-23-24-37(46-34)29-40-42(31-15-7-2-8-16-31)43(32-17-9-3-10-18-32)44(41)48(40)38-19-11-4-12-20-38;;/h1-29,45H;1H;. The van der Waals surface area contributed by atoms with E-state index in [4.69, 9.17) is 9.97 Å². The van der Waals surface area contributed by atoms with Crippen molar-refractivity contribution in [3.8, 4) is 39.1 Å². The minimum Gasteiger partial charge on any atom is -0.355 e. The van der Waals surface area contributed by atoms with Crippen LogP contribution in [0.25, 0.3) is 85.4 Å². The van der Waals surface area contributed by atoms with Crippen molar-refractivity contribution in [3.05, 3.63) is 174 Å². The fourth-order valence-corrected chi connectivity index (χ4v) is 6.81. The molecule has 0 saturated carbocycles. The minimum atomic E-state index is 0. The van der Waals surface area contributed by atoms with E-state index in [9.17, 15) is 0 Å². The molecule has 0 saturated heterocycles. The zero-order valence-corrected chi connectivity index (χ0v) is 29.1. The number of fused-ring (bicyclic) bond motifs is 8. The van der Waals surface area contributed by atoms with E-state index in [-0.39, 0.29) is 25.8 Å². The van der Waals surface area contributed by atoms with Gasteiger partial charge in [-0.25, -0.2) is 9.97 Å². The quantitative estimate of drug-likeness (QED) is 0.192. The van der Waals surface area contributed by atoms with Gasteiger partial charge in [0.2, 0.25) is 0 Å². The minimum absolute atomic E-state index is 0. The van der Waals surface area contributed by atoms with Crippen molar-refractivity contribution in [2.45, 2.75) is 0 Å². The second kappa shape index (κ2) is 13.9. The second-order valence-electron chi connectivity index (χ2n) is 12.0. The van der Waals surface area contributed by atoms with Crippen LogP contribution in [-0.4, -0.2) is 19.5 Å². The summed E-state index contributed by atoms with van der Waals surface area (Å²) in [6.07, 6.45) is 8.44. The van der Waals surface area contributed by atoms with E-state index in [1.165, 1.54) is 0 Å². The molecule has 50 heavy (non-hydrogen) atoms. The van der Waals surface area contributed by atoms with Gasteiger partial charge in [0.15, 0.2) is 0 Å². The summed E-state index contributed by atoms with van der Waals surface area (Å²) < 4.78 is 2.41. The Labute approximate surface area is 303 Å². The van der Waals surface area contributed by atoms with Crippen LogP contribution >= 0.6 is 0 Å². The zero-order chi connectivity index (χ0) is 31.9. The fraction of sp³-hybridized carbons (Fsp3) is 0. The van der Waals surface area contributed by atoms with Crippen molar-refractivity contribution >= 4 is 46.4 Å². The van der Waals surface area contributed by atoms with Crippen molar-refractivity contribution in [2.75, 3.05) is 0 Å². The van der Waals surface area contributed by atoms with E-state index in [1.807, 2.05) is 0 Å². The summed E-state index contributed by atoms with van der Waals surface area (Å²) in [5, 5.41) is 0. The molecule has 6 heteroatoms. The Morgan fingerprint density at radius 3 is 1.48 bits per heavy atom. The summed E-state index contributed by atoms with van der Waals surface area (Å²) in [7, 11) is 0. The smallest absolute Gasteiger partial charge is 0.0737 e. The summed E-state index contributed by atoms with van der Waals surface area (Å²) in [5.74, 6) is 0. The molecule has 2 aliphatic heterocycles. The fourth-order valence-electron chi connectivity index (χ4n) is 6.81. The number of para-hydroxylation sites is 1. The number of aromatic amines is 1. The van der Waals surface area contributed by atoms with Crippen molar-refractivity contribution in [1.82, 2.24) is 19.5 Å². The van der Waals surface area contributed by atoms with Crippen LogP contribution in [0.2, 0.25) is 0 Å². The molecule has 1 N–H and O–H groups in total. The van der Waals surface area contributed by atoms with Crippen LogP contribution in [0.15, 0.2) is 152 Å². The molecule has 0 radical (unpaired) electrons. The first-order valence-corrected chi connectivity index (χ1v) is 16.2. The third kappa shape index (κ3) is 5.97. The monoisotopic (exact) mass is 829 g/mol. The van der Waals surface area contributed by atoms with Gasteiger partial charge in [-0.3, -0.25) is 4.70 Å². The number of hydrogen-bond acceptors (Lipinski definition) is 2. The number of nitrogens with one attached hydrogen (secondary N) is 1. The zero-order valence-electron chi connectivity index (χ0n) is 26.8. The summed E-state index contributed by atoms with van der Waals surface area (Å²) in [5.41, 5.74) is 15.4. The third-order valence-corrected chi connectivity index (χ3v) is 8.87. The normalized spacial score (nSPS) is 11.5. The summed E-state index contributed by atoms with van der Waals surface area (Å²) >= 11 is 0. The number of aromatic nitrogens is 4. The number of nitrogens with zero attached hydrogens (tertiary/aromatic N) is 3. The first-order chi connectivity index (χ1) is 23.8. The maximum absolute atomic E-state index is 5.29. The Kier molecular flexibility index (Phi) is 9.08. The van der Waals surface area contributed by atoms with Gasteiger partial charge in [0.05, 0.1) is 33.8 Å². The van der Waals surface area contributed by atoms with E-state index in [1.54, 1.807) is 0 Å². The molecule has 4 aromatic carbocycles. The molecule has 4 nitrogen and oxygen atoms in total. The van der Waals surface area contributed by atoms with Crippen LogP contribution in [0.5, 0.6) is 0 Å². The second-order valence-corrected chi connectivity index (χ2v) is 12.0. The van der Waals surface area contributed by atoms with Gasteiger partial charge in [-0.15, -0.1) is 0 Å². The summed E-state index contributed by atoms with van der Waals surface area (Å²) in [6.45, 7) is 0. The molecule has 244 valence electrons. The van der Waals surface area contributed by atoms with Crippen LogP contribution in [0.4, 0.5) is 4.70 Å². The largest absolute Gasteiger partial charge is 0.355 e. The molecule has 0 unspecified atom stereocenters. The molecular weight excluding hydrogens is 799 g/mol. The SMILES string of the molecule is C1=Cc2cc3c(-c4ccccc4)c(-c4ccccc4)c(c(-c4ccccc4)c4nc(cc5ccc(cc1n2)[nH]5)C=C4)n3-c1ccccc1.F.[Pt]. The number of rotatable bonds is 4. The van der Waals surface area contributed by atoms with E-state index in [2.05, 4.69) is 186 Å². The van der Waals surface area contributed by atoms with Crippen LogP contribution < -0.4 is 0 Å². The Balaban J connectivity index is 0.00000196. The third-order valence-electron chi connectivity index (χ3n) is 8.87. The maximum Gasteiger partial charge on any atom is 0.0737 e. The molecule has 0 aliphatic carbocycles.